The van der Waals surface area contributed by atoms with Gasteiger partial charge in [-0.1, -0.05) is 106 Å². The molecule has 4 atom stereocenters. The van der Waals surface area contributed by atoms with E-state index in [0.717, 1.165) is 71.8 Å². The van der Waals surface area contributed by atoms with Gasteiger partial charge in [-0.05, 0) is 149 Å². The Morgan fingerprint density at radius 2 is 0.542 bits per heavy atom. The molecule has 0 heterocycles. The van der Waals surface area contributed by atoms with Crippen LogP contribution in [0.2, 0.25) is 0 Å². The number of nitrogens with zero attached hydrogens (tertiary/aromatic N) is 2. The minimum absolute atomic E-state index is 0.482. The predicted octanol–water partition coefficient (Wildman–Crippen LogP) is 12.8. The lowest BCUT2D eigenvalue weighted by atomic mass is 9.53. The lowest BCUT2D eigenvalue weighted by Gasteiger charge is -2.64. The molecule has 0 aromatic rings. The van der Waals surface area contributed by atoms with Gasteiger partial charge in [0.25, 0.3) is 0 Å². The highest BCUT2D eigenvalue weighted by molar-refractivity contribution is 5.10. The average molecular weight is 663 g/mol. The van der Waals surface area contributed by atoms with Gasteiger partial charge in [-0.2, -0.15) is 0 Å². The van der Waals surface area contributed by atoms with E-state index >= 15 is 0 Å². The van der Waals surface area contributed by atoms with Crippen LogP contribution in [0.25, 0.3) is 0 Å². The summed E-state index contributed by atoms with van der Waals surface area (Å²) in [7, 11) is 0. The van der Waals surface area contributed by atoms with Crippen LogP contribution < -0.4 is 0 Å². The Labute approximate surface area is 300 Å². The molecule has 7 rings (SSSR count). The summed E-state index contributed by atoms with van der Waals surface area (Å²) in [6, 6.07) is 5.34. The van der Waals surface area contributed by atoms with Gasteiger partial charge in [-0.3, -0.25) is 9.80 Å². The van der Waals surface area contributed by atoms with Gasteiger partial charge in [0, 0.05) is 36.3 Å². The Kier molecular flexibility index (Phi) is 11.7. The average Bonchev–Trinajstić information content (AvgIpc) is 3.10. The van der Waals surface area contributed by atoms with Gasteiger partial charge in [0.15, 0.2) is 0 Å². The van der Waals surface area contributed by atoms with Crippen molar-refractivity contribution < 1.29 is 0 Å². The van der Waals surface area contributed by atoms with Crippen LogP contribution in [0.4, 0.5) is 0 Å². The second kappa shape index (κ2) is 15.5. The van der Waals surface area contributed by atoms with Crippen molar-refractivity contribution in [2.75, 3.05) is 0 Å². The van der Waals surface area contributed by atoms with Crippen LogP contribution in [0.5, 0.6) is 0 Å². The largest absolute Gasteiger partial charge is 0.294 e. The normalized spacial score (nSPS) is 41.2. The summed E-state index contributed by atoms with van der Waals surface area (Å²) in [6.45, 7) is 15.2. The van der Waals surface area contributed by atoms with Crippen LogP contribution in [-0.4, -0.2) is 46.1 Å². The molecule has 7 aliphatic rings. The molecular weight excluding hydrogens is 581 g/mol. The molecule has 0 spiro atoms. The maximum absolute atomic E-state index is 3.44. The van der Waals surface area contributed by atoms with E-state index in [2.05, 4.69) is 51.3 Å². The molecule has 48 heavy (non-hydrogen) atoms. The fraction of sp³-hybridized carbons (Fsp3) is 1.00. The van der Waals surface area contributed by atoms with Crippen LogP contribution in [0.3, 0.4) is 0 Å². The van der Waals surface area contributed by atoms with E-state index in [0.29, 0.717) is 10.8 Å². The molecule has 0 amide bonds. The molecular formula is C46H82N2. The Hall–Kier alpha value is -0.0800. The second-order valence-corrected chi connectivity index (χ2v) is 21.4. The van der Waals surface area contributed by atoms with Crippen LogP contribution in [0.15, 0.2) is 0 Å². The highest BCUT2D eigenvalue weighted by atomic mass is 15.3. The summed E-state index contributed by atoms with van der Waals surface area (Å²) in [5, 5.41) is 0. The molecule has 0 aromatic heterocycles. The molecule has 0 saturated heterocycles. The summed E-state index contributed by atoms with van der Waals surface area (Å²) in [5.41, 5.74) is 0.965. The Balaban J connectivity index is 1.22. The molecule has 0 bridgehead atoms. The molecule has 4 unspecified atom stereocenters. The van der Waals surface area contributed by atoms with Crippen LogP contribution in [-0.2, 0) is 0 Å². The Bertz CT molecular complexity index is 872. The summed E-state index contributed by atoms with van der Waals surface area (Å²) in [4.78, 5) is 6.89. The van der Waals surface area contributed by atoms with E-state index in [4.69, 9.17) is 0 Å². The zero-order valence-corrected chi connectivity index (χ0v) is 33.2. The van der Waals surface area contributed by atoms with Crippen molar-refractivity contribution in [1.82, 2.24) is 9.80 Å². The number of fused-ring (bicyclic) bond motifs is 2. The van der Waals surface area contributed by atoms with Gasteiger partial charge < -0.3 is 0 Å². The third-order valence-electron chi connectivity index (χ3n) is 16.9. The van der Waals surface area contributed by atoms with Gasteiger partial charge in [0.2, 0.25) is 0 Å². The van der Waals surface area contributed by atoms with Crippen molar-refractivity contribution in [2.24, 2.45) is 46.3 Å². The van der Waals surface area contributed by atoms with E-state index in [9.17, 15) is 0 Å². The summed E-state index contributed by atoms with van der Waals surface area (Å²) >= 11 is 0. The van der Waals surface area contributed by atoms with E-state index < -0.39 is 0 Å². The van der Waals surface area contributed by atoms with E-state index in [1.807, 2.05) is 0 Å². The summed E-state index contributed by atoms with van der Waals surface area (Å²) in [5.74, 6) is 5.76. The standard InChI is InChI=1S/C46H82N2/c1-45(2,3)33-25-29-37(30-26-33)47(35-17-9-7-10-18-35)43-39-21-13-15-23-41(39)44(42-24-16-14-22-40(42)43)48(36-19-11-8-12-20-36)38-31-27-34(28-32-38)46(4,5)6/h33-44H,7-32H2,1-6H3. The van der Waals surface area contributed by atoms with Crippen LogP contribution >= 0.6 is 0 Å². The zero-order valence-electron chi connectivity index (χ0n) is 33.2. The third-order valence-corrected chi connectivity index (χ3v) is 16.9. The lowest BCUT2D eigenvalue weighted by molar-refractivity contribution is -0.149. The second-order valence-electron chi connectivity index (χ2n) is 21.4. The van der Waals surface area contributed by atoms with Gasteiger partial charge >= 0.3 is 0 Å². The number of hydrogen-bond donors (Lipinski definition) is 0. The van der Waals surface area contributed by atoms with E-state index in [1.165, 1.54) is 141 Å². The minimum atomic E-state index is 0.482. The molecule has 7 saturated carbocycles. The van der Waals surface area contributed by atoms with Crippen molar-refractivity contribution in [3.63, 3.8) is 0 Å². The lowest BCUT2D eigenvalue weighted by Crippen LogP contribution is -2.69. The molecule has 7 fully saturated rings. The molecule has 0 N–H and O–H groups in total. The predicted molar refractivity (Wildman–Crippen MR) is 206 cm³/mol. The molecule has 2 nitrogen and oxygen atoms in total. The molecule has 2 heteroatoms. The fourth-order valence-electron chi connectivity index (χ4n) is 14.4. The minimum Gasteiger partial charge on any atom is -0.294 e. The first kappa shape index (κ1) is 36.3. The van der Waals surface area contributed by atoms with Gasteiger partial charge in [-0.25, -0.2) is 0 Å². The van der Waals surface area contributed by atoms with Crippen LogP contribution in [0, 0.1) is 46.3 Å². The first-order chi connectivity index (χ1) is 23.1. The maximum atomic E-state index is 3.44. The molecule has 7 aliphatic carbocycles. The summed E-state index contributed by atoms with van der Waals surface area (Å²) < 4.78 is 0. The third kappa shape index (κ3) is 7.67. The highest BCUT2D eigenvalue weighted by Gasteiger charge is 2.57. The first-order valence-corrected chi connectivity index (χ1v) is 22.7. The van der Waals surface area contributed by atoms with Crippen molar-refractivity contribution in [1.29, 1.82) is 0 Å². The number of hydrogen-bond acceptors (Lipinski definition) is 2. The van der Waals surface area contributed by atoms with Gasteiger partial charge in [0.05, 0.1) is 0 Å². The molecule has 276 valence electrons. The van der Waals surface area contributed by atoms with Crippen molar-refractivity contribution in [3.05, 3.63) is 0 Å². The Morgan fingerprint density at radius 3 is 0.812 bits per heavy atom. The smallest absolute Gasteiger partial charge is 0.0164 e. The monoisotopic (exact) mass is 663 g/mol. The number of rotatable bonds is 6. The quantitative estimate of drug-likeness (QED) is 0.279. The SMILES string of the molecule is CC(C)(C)C1CCC(N(C2CCCCC2)C2C3CCCCC3C(N(C3CCCCC3)C3CCC(C(C)(C)C)CC3)C3CCCCC32)CC1. The fourth-order valence-corrected chi connectivity index (χ4v) is 14.4. The van der Waals surface area contributed by atoms with Crippen molar-refractivity contribution in [2.45, 2.75) is 245 Å². The molecule has 0 aromatic carbocycles. The zero-order chi connectivity index (χ0) is 33.5. The first-order valence-electron chi connectivity index (χ1n) is 22.7. The van der Waals surface area contributed by atoms with E-state index in [1.54, 1.807) is 25.7 Å². The van der Waals surface area contributed by atoms with Crippen molar-refractivity contribution >= 4 is 0 Å². The van der Waals surface area contributed by atoms with Gasteiger partial charge in [0.1, 0.15) is 0 Å². The van der Waals surface area contributed by atoms with Gasteiger partial charge in [-0.15, -0.1) is 0 Å². The maximum Gasteiger partial charge on any atom is 0.0164 e. The molecule has 0 radical (unpaired) electrons. The van der Waals surface area contributed by atoms with Crippen LogP contribution in [0.1, 0.15) is 208 Å². The molecule has 0 aliphatic heterocycles. The Morgan fingerprint density at radius 1 is 0.292 bits per heavy atom. The highest BCUT2D eigenvalue weighted by Crippen LogP contribution is 2.57. The topological polar surface area (TPSA) is 6.48 Å². The summed E-state index contributed by atoms with van der Waals surface area (Å²) in [6.07, 6.45) is 39.3. The van der Waals surface area contributed by atoms with Crippen molar-refractivity contribution in [3.8, 4) is 0 Å². The van der Waals surface area contributed by atoms with E-state index in [-0.39, 0.29) is 0 Å².